The Morgan fingerprint density at radius 3 is 2.23 bits per heavy atom. The smallest absolute Gasteiger partial charge is 0.123 e. The van der Waals surface area contributed by atoms with Gasteiger partial charge < -0.3 is 5.73 Å². The third-order valence-corrected chi connectivity index (χ3v) is 1.72. The van der Waals surface area contributed by atoms with E-state index in [4.69, 9.17) is 5.73 Å². The molecule has 0 unspecified atom stereocenters. The zero-order valence-electron chi connectivity index (χ0n) is 7.04. The van der Waals surface area contributed by atoms with Crippen LogP contribution in [0.1, 0.15) is 18.0 Å². The van der Waals surface area contributed by atoms with Crippen LogP contribution in [0.5, 0.6) is 0 Å². The van der Waals surface area contributed by atoms with Crippen molar-refractivity contribution in [1.29, 1.82) is 0 Å². The Kier molecular flexibility index (Phi) is 5.58. The Morgan fingerprint density at radius 1 is 1.23 bits per heavy atom. The predicted octanol–water partition coefficient (Wildman–Crippen LogP) is 2.61. The molecule has 4 heteroatoms. The van der Waals surface area contributed by atoms with Gasteiger partial charge in [-0.2, -0.15) is 0 Å². The van der Waals surface area contributed by atoms with E-state index < -0.39 is 6.67 Å². The monoisotopic (exact) mass is 207 g/mol. The second-order valence-corrected chi connectivity index (χ2v) is 2.64. The number of rotatable bonds is 3. The van der Waals surface area contributed by atoms with Gasteiger partial charge in [0.05, 0.1) is 6.67 Å². The summed E-state index contributed by atoms with van der Waals surface area (Å²) in [5.74, 6) is -0.300. The molecule has 0 bridgehead atoms. The lowest BCUT2D eigenvalue weighted by Crippen LogP contribution is -2.10. The SMILES string of the molecule is Cl.N[C@H](CCF)c1ccc(F)cc1. The van der Waals surface area contributed by atoms with E-state index in [2.05, 4.69) is 0 Å². The van der Waals surface area contributed by atoms with Gasteiger partial charge in [-0.15, -0.1) is 12.4 Å². The molecule has 74 valence electrons. The van der Waals surface area contributed by atoms with Crippen LogP contribution in [0.2, 0.25) is 0 Å². The zero-order chi connectivity index (χ0) is 8.97. The van der Waals surface area contributed by atoms with Crippen molar-refractivity contribution in [3.05, 3.63) is 35.6 Å². The Labute approximate surface area is 82.4 Å². The standard InChI is InChI=1S/C9H11F2N.ClH/c10-6-5-9(12)7-1-3-8(11)4-2-7;/h1-4,9H,5-6,12H2;1H/t9-;/m1./s1. The maximum atomic E-state index is 12.4. The molecule has 0 aliphatic rings. The molecule has 0 spiro atoms. The Hall–Kier alpha value is -0.670. The van der Waals surface area contributed by atoms with Crippen LogP contribution in [-0.2, 0) is 0 Å². The number of nitrogens with two attached hydrogens (primary N) is 1. The van der Waals surface area contributed by atoms with Crippen molar-refractivity contribution in [1.82, 2.24) is 0 Å². The molecule has 2 N–H and O–H groups in total. The van der Waals surface area contributed by atoms with Gasteiger partial charge in [-0.05, 0) is 24.1 Å². The summed E-state index contributed by atoms with van der Waals surface area (Å²) in [7, 11) is 0. The average molecular weight is 208 g/mol. The van der Waals surface area contributed by atoms with E-state index in [1.165, 1.54) is 12.1 Å². The van der Waals surface area contributed by atoms with Crippen LogP contribution in [0, 0.1) is 5.82 Å². The molecular weight excluding hydrogens is 196 g/mol. The fraction of sp³-hybridized carbons (Fsp3) is 0.333. The second-order valence-electron chi connectivity index (χ2n) is 2.64. The van der Waals surface area contributed by atoms with Crippen molar-refractivity contribution in [3.63, 3.8) is 0 Å². The summed E-state index contributed by atoms with van der Waals surface area (Å²) in [6.45, 7) is -0.446. The molecule has 1 nitrogen and oxygen atoms in total. The molecule has 1 rings (SSSR count). The fourth-order valence-electron chi connectivity index (χ4n) is 0.994. The molecule has 0 heterocycles. The Bertz CT molecular complexity index is 238. The van der Waals surface area contributed by atoms with Crippen LogP contribution in [0.4, 0.5) is 8.78 Å². The van der Waals surface area contributed by atoms with Gasteiger partial charge in [0, 0.05) is 6.04 Å². The molecule has 0 aliphatic heterocycles. The van der Waals surface area contributed by atoms with Crippen LogP contribution in [-0.4, -0.2) is 6.67 Å². The molecule has 0 fully saturated rings. The lowest BCUT2D eigenvalue weighted by molar-refractivity contribution is 0.441. The largest absolute Gasteiger partial charge is 0.324 e. The number of halogens is 3. The molecule has 1 atom stereocenters. The summed E-state index contributed by atoms with van der Waals surface area (Å²) in [6, 6.07) is 5.49. The van der Waals surface area contributed by atoms with Crippen molar-refractivity contribution in [2.24, 2.45) is 5.73 Å². The number of benzene rings is 1. The maximum Gasteiger partial charge on any atom is 0.123 e. The van der Waals surface area contributed by atoms with Crippen molar-refractivity contribution in [2.75, 3.05) is 6.67 Å². The van der Waals surface area contributed by atoms with Crippen molar-refractivity contribution in [2.45, 2.75) is 12.5 Å². The van der Waals surface area contributed by atoms with Gasteiger partial charge in [0.1, 0.15) is 5.82 Å². The van der Waals surface area contributed by atoms with Crippen molar-refractivity contribution in [3.8, 4) is 0 Å². The van der Waals surface area contributed by atoms with Crippen LogP contribution < -0.4 is 5.73 Å². The minimum atomic E-state index is -0.446. The molecule has 0 saturated heterocycles. The first-order valence-corrected chi connectivity index (χ1v) is 3.81. The van der Waals surface area contributed by atoms with E-state index >= 15 is 0 Å². The zero-order valence-corrected chi connectivity index (χ0v) is 7.86. The highest BCUT2D eigenvalue weighted by Crippen LogP contribution is 2.14. The quantitative estimate of drug-likeness (QED) is 0.810. The second kappa shape index (κ2) is 5.89. The predicted molar refractivity (Wildman–Crippen MR) is 51.2 cm³/mol. The van der Waals surface area contributed by atoms with Crippen LogP contribution >= 0.6 is 12.4 Å². The fourth-order valence-corrected chi connectivity index (χ4v) is 0.994. The topological polar surface area (TPSA) is 26.0 Å². The molecule has 13 heavy (non-hydrogen) atoms. The van der Waals surface area contributed by atoms with Crippen LogP contribution in [0.25, 0.3) is 0 Å². The lowest BCUT2D eigenvalue weighted by atomic mass is 10.1. The summed E-state index contributed by atoms with van der Waals surface area (Å²) in [5.41, 5.74) is 6.37. The third-order valence-electron chi connectivity index (χ3n) is 1.72. The van der Waals surface area contributed by atoms with Gasteiger partial charge in [-0.25, -0.2) is 4.39 Å². The van der Waals surface area contributed by atoms with E-state index in [1.807, 2.05) is 0 Å². The normalized spacial score (nSPS) is 11.9. The van der Waals surface area contributed by atoms with Gasteiger partial charge in [0.25, 0.3) is 0 Å². The van der Waals surface area contributed by atoms with E-state index in [9.17, 15) is 8.78 Å². The molecule has 0 radical (unpaired) electrons. The van der Waals surface area contributed by atoms with Crippen LogP contribution in [0.15, 0.2) is 24.3 Å². The summed E-state index contributed by atoms with van der Waals surface area (Å²) in [5, 5.41) is 0. The number of hydrogen-bond donors (Lipinski definition) is 1. The highest BCUT2D eigenvalue weighted by Gasteiger charge is 2.04. The van der Waals surface area contributed by atoms with E-state index in [0.29, 0.717) is 0 Å². The summed E-state index contributed by atoms with van der Waals surface area (Å²) >= 11 is 0. The Balaban J connectivity index is 0.00000144. The summed E-state index contributed by atoms with van der Waals surface area (Å²) in [6.07, 6.45) is 0.283. The molecule has 0 saturated carbocycles. The minimum absolute atomic E-state index is 0. The lowest BCUT2D eigenvalue weighted by Gasteiger charge is -2.08. The number of alkyl halides is 1. The maximum absolute atomic E-state index is 12.4. The summed E-state index contributed by atoms with van der Waals surface area (Å²) < 4.78 is 24.3. The van der Waals surface area contributed by atoms with Crippen molar-refractivity contribution >= 4 is 12.4 Å². The van der Waals surface area contributed by atoms with E-state index in [1.54, 1.807) is 12.1 Å². The first-order valence-electron chi connectivity index (χ1n) is 3.81. The van der Waals surface area contributed by atoms with Gasteiger partial charge >= 0.3 is 0 Å². The molecular formula is C9H12ClF2N. The molecule has 0 amide bonds. The van der Waals surface area contributed by atoms with Gasteiger partial charge in [0.2, 0.25) is 0 Å². The van der Waals surface area contributed by atoms with Crippen LogP contribution in [0.3, 0.4) is 0 Å². The van der Waals surface area contributed by atoms with Gasteiger partial charge in [-0.1, -0.05) is 12.1 Å². The third kappa shape index (κ3) is 3.70. The molecule has 1 aromatic carbocycles. The molecule has 0 aliphatic carbocycles. The van der Waals surface area contributed by atoms with Gasteiger partial charge in [0.15, 0.2) is 0 Å². The first kappa shape index (κ1) is 12.3. The first-order chi connectivity index (χ1) is 5.74. The van der Waals surface area contributed by atoms with E-state index in [0.717, 1.165) is 5.56 Å². The Morgan fingerprint density at radius 2 is 1.77 bits per heavy atom. The van der Waals surface area contributed by atoms with Crippen molar-refractivity contribution < 1.29 is 8.78 Å². The van der Waals surface area contributed by atoms with Gasteiger partial charge in [-0.3, -0.25) is 4.39 Å². The minimum Gasteiger partial charge on any atom is -0.324 e. The molecule has 1 aromatic rings. The summed E-state index contributed by atoms with van der Waals surface area (Å²) in [4.78, 5) is 0. The number of hydrogen-bond acceptors (Lipinski definition) is 1. The van der Waals surface area contributed by atoms with E-state index in [-0.39, 0.29) is 30.7 Å². The highest BCUT2D eigenvalue weighted by atomic mass is 35.5. The average Bonchev–Trinajstić information content (AvgIpc) is 2.06. The highest BCUT2D eigenvalue weighted by molar-refractivity contribution is 5.85. The molecule has 0 aromatic heterocycles.